The van der Waals surface area contributed by atoms with E-state index in [1.807, 2.05) is 50.8 Å². The Kier molecular flexibility index (Phi) is 25.7. The third-order valence-electron chi connectivity index (χ3n) is 2.09. The Labute approximate surface area is 162 Å². The van der Waals surface area contributed by atoms with Crippen molar-refractivity contribution in [3.63, 3.8) is 0 Å². The summed E-state index contributed by atoms with van der Waals surface area (Å²) in [6, 6.07) is 8.00. The molecule has 0 radical (unpaired) electrons. The van der Waals surface area contributed by atoms with Crippen molar-refractivity contribution in [3.05, 3.63) is 58.7 Å². The van der Waals surface area contributed by atoms with Crippen molar-refractivity contribution in [2.75, 3.05) is 49.3 Å². The average Bonchev–Trinajstić information content (AvgIpc) is 3.15. The first-order chi connectivity index (χ1) is 11.1. The Balaban J connectivity index is -0.000000375. The number of nitrogens with one attached hydrogen (secondary N) is 1. The van der Waals surface area contributed by atoms with Crippen LogP contribution in [0.5, 0.6) is 0 Å². The zero-order valence-corrected chi connectivity index (χ0v) is 18.0. The summed E-state index contributed by atoms with van der Waals surface area (Å²) in [5.74, 6) is 0. The molecular weight excluding hydrogens is 384 g/mol. The Bertz CT molecular complexity index is 362. The Hall–Kier alpha value is -0.912. The van der Waals surface area contributed by atoms with Crippen LogP contribution in [0.15, 0.2) is 36.7 Å². The maximum Gasteiger partial charge on any atom is 4.00 e. The summed E-state index contributed by atoms with van der Waals surface area (Å²) in [5, 5.41) is 9.75. The van der Waals surface area contributed by atoms with Gasteiger partial charge >= 0.3 is 21.1 Å². The van der Waals surface area contributed by atoms with Crippen molar-refractivity contribution in [1.29, 1.82) is 0 Å². The molecule has 0 unspecified atom stereocenters. The first-order valence-corrected chi connectivity index (χ1v) is 7.45. The minimum Gasteiger partial charge on any atom is -0.668 e. The van der Waals surface area contributed by atoms with Crippen molar-refractivity contribution in [1.82, 2.24) is 20.2 Å². The van der Waals surface area contributed by atoms with Crippen LogP contribution in [0.25, 0.3) is 10.6 Å². The van der Waals surface area contributed by atoms with E-state index < -0.39 is 0 Å². The average molecular weight is 416 g/mol. The molecule has 6 nitrogen and oxygen atoms in total. The second-order valence-electron chi connectivity index (χ2n) is 4.82. The van der Waals surface area contributed by atoms with Crippen LogP contribution < -0.4 is 15.3 Å². The van der Waals surface area contributed by atoms with E-state index >= 15 is 0 Å². The van der Waals surface area contributed by atoms with E-state index in [4.69, 9.17) is 0 Å². The maximum absolute atomic E-state index is 4.22. The third-order valence-corrected chi connectivity index (χ3v) is 2.09. The van der Waals surface area contributed by atoms with E-state index in [0.29, 0.717) is 0 Å². The Morgan fingerprint density at radius 1 is 0.875 bits per heavy atom. The minimum atomic E-state index is 0. The smallest absolute Gasteiger partial charge is 0.668 e. The summed E-state index contributed by atoms with van der Waals surface area (Å²) in [5.41, 5.74) is 2.22. The molecule has 2 aromatic rings. The van der Waals surface area contributed by atoms with Gasteiger partial charge in [0.1, 0.15) is 0 Å². The van der Waals surface area contributed by atoms with Crippen LogP contribution in [0.3, 0.4) is 0 Å². The minimum absolute atomic E-state index is 0. The van der Waals surface area contributed by atoms with Crippen molar-refractivity contribution >= 4 is 0 Å². The summed E-state index contributed by atoms with van der Waals surface area (Å²) in [7, 11) is 12.8. The van der Waals surface area contributed by atoms with Crippen LogP contribution in [0.4, 0.5) is 0 Å². The number of rotatable bonds is 4. The molecule has 0 saturated heterocycles. The fourth-order valence-electron chi connectivity index (χ4n) is 1.47. The fourth-order valence-corrected chi connectivity index (χ4v) is 1.47. The largest absolute Gasteiger partial charge is 4.00 e. The molecule has 0 saturated carbocycles. The van der Waals surface area contributed by atoms with Gasteiger partial charge in [0, 0.05) is 13.1 Å². The normalized spacial score (nSPS) is 8.67. The molecule has 2 heterocycles. The third kappa shape index (κ3) is 19.1. The molecule has 24 heavy (non-hydrogen) atoms. The SMILES string of the molecule is CN(Cc1ccc[n-]1)Cc1ccc[n-]1.CNC.C[N-]C.C[N-]C.[Mo+4]. The number of aromatic nitrogens is 2. The molecule has 0 aliphatic heterocycles. The molecule has 0 aliphatic carbocycles. The maximum atomic E-state index is 4.22. The number of hydrogen-bond donors (Lipinski definition) is 1. The van der Waals surface area contributed by atoms with Crippen LogP contribution in [0.2, 0.25) is 0 Å². The molecule has 0 spiro atoms. The summed E-state index contributed by atoms with van der Waals surface area (Å²) in [6.07, 6.45) is 3.65. The van der Waals surface area contributed by atoms with E-state index in [1.165, 1.54) is 0 Å². The van der Waals surface area contributed by atoms with E-state index in [0.717, 1.165) is 24.5 Å². The van der Waals surface area contributed by atoms with Crippen molar-refractivity contribution in [2.45, 2.75) is 13.1 Å². The van der Waals surface area contributed by atoms with Gasteiger partial charge in [-0.1, -0.05) is 24.3 Å². The summed E-state index contributed by atoms with van der Waals surface area (Å²) in [4.78, 5) is 10.6. The molecule has 1 N–H and O–H groups in total. The first kappa shape index (κ1) is 27.9. The van der Waals surface area contributed by atoms with Gasteiger partial charge in [-0.15, -0.1) is 11.4 Å². The molecule has 0 bridgehead atoms. The molecule has 136 valence electrons. The van der Waals surface area contributed by atoms with Crippen LogP contribution in [0.1, 0.15) is 11.4 Å². The summed E-state index contributed by atoms with van der Waals surface area (Å²) < 4.78 is 0. The fraction of sp³-hybridized carbons (Fsp3) is 0.529. The van der Waals surface area contributed by atoms with Crippen molar-refractivity contribution in [3.8, 4) is 0 Å². The van der Waals surface area contributed by atoms with Gasteiger partial charge < -0.3 is 30.8 Å². The number of nitrogens with zero attached hydrogens (tertiary/aromatic N) is 5. The predicted octanol–water partition coefficient (Wildman–Crippen LogP) is 2.31. The van der Waals surface area contributed by atoms with Crippen molar-refractivity contribution in [2.24, 2.45) is 0 Å². The molecule has 0 aromatic carbocycles. The van der Waals surface area contributed by atoms with E-state index in [-0.39, 0.29) is 21.1 Å². The molecular formula is C17H32MoN6. The molecule has 0 atom stereocenters. The van der Waals surface area contributed by atoms with Crippen LogP contribution in [-0.2, 0) is 34.2 Å². The second-order valence-corrected chi connectivity index (χ2v) is 4.82. The van der Waals surface area contributed by atoms with Gasteiger partial charge in [0.25, 0.3) is 0 Å². The topological polar surface area (TPSA) is 71.7 Å². The van der Waals surface area contributed by atoms with Crippen LogP contribution in [-0.4, -0.2) is 54.2 Å². The summed E-state index contributed by atoms with van der Waals surface area (Å²) >= 11 is 0. The van der Waals surface area contributed by atoms with E-state index in [1.54, 1.807) is 28.2 Å². The predicted molar refractivity (Wildman–Crippen MR) is 100 cm³/mol. The Morgan fingerprint density at radius 2 is 1.17 bits per heavy atom. The quantitative estimate of drug-likeness (QED) is 0.777. The summed E-state index contributed by atoms with van der Waals surface area (Å²) in [6.45, 7) is 1.75. The van der Waals surface area contributed by atoms with Gasteiger partial charge in [0.05, 0.1) is 0 Å². The van der Waals surface area contributed by atoms with E-state index in [9.17, 15) is 0 Å². The monoisotopic (exact) mass is 418 g/mol. The Morgan fingerprint density at radius 3 is 1.38 bits per heavy atom. The zero-order valence-electron chi connectivity index (χ0n) is 16.0. The van der Waals surface area contributed by atoms with Gasteiger partial charge in [0.15, 0.2) is 0 Å². The molecule has 0 fully saturated rings. The number of hydrogen-bond acceptors (Lipinski definition) is 2. The van der Waals surface area contributed by atoms with Gasteiger partial charge in [0.2, 0.25) is 0 Å². The zero-order chi connectivity index (χ0) is 17.9. The van der Waals surface area contributed by atoms with Crippen molar-refractivity contribution < 1.29 is 21.1 Å². The molecule has 2 aromatic heterocycles. The molecule has 0 amide bonds. The van der Waals surface area contributed by atoms with Gasteiger partial charge in [-0.2, -0.15) is 40.6 Å². The van der Waals surface area contributed by atoms with Gasteiger partial charge in [-0.05, 0) is 21.1 Å². The molecule has 7 heteroatoms. The van der Waals surface area contributed by atoms with Gasteiger partial charge in [-0.3, -0.25) is 0 Å². The standard InChI is InChI=1S/C11H13N3.C2H7N.2C2H6N.Mo/c1-14(8-10-4-2-6-12-10)9-11-5-3-7-13-11;3*1-3-2;/h2-7H,8-9H2,1H3;3H,1-2H3;2*1-2H3;/q-2;;2*-1;+4. The first-order valence-electron chi connectivity index (χ1n) is 7.45. The van der Waals surface area contributed by atoms with Gasteiger partial charge in [-0.25, -0.2) is 0 Å². The van der Waals surface area contributed by atoms with E-state index in [2.05, 4.69) is 37.9 Å². The molecule has 0 aliphatic rings. The second kappa shape index (κ2) is 22.1. The van der Waals surface area contributed by atoms with Crippen LogP contribution >= 0.6 is 0 Å². The van der Waals surface area contributed by atoms with Crippen LogP contribution in [0, 0.1) is 0 Å². The molecule has 2 rings (SSSR count).